The average molecular weight is 184 g/mol. The first-order chi connectivity index (χ1) is 5.66. The Hall–Kier alpha value is -1.67. The van der Waals surface area contributed by atoms with E-state index in [0.29, 0.717) is 0 Å². The van der Waals surface area contributed by atoms with Crippen molar-refractivity contribution in [3.63, 3.8) is 0 Å². The van der Waals surface area contributed by atoms with Crippen molar-refractivity contribution in [2.24, 2.45) is 0 Å². The summed E-state index contributed by atoms with van der Waals surface area (Å²) in [4.78, 5) is 13.2. The van der Waals surface area contributed by atoms with Crippen LogP contribution in [0.15, 0.2) is 12.4 Å². The minimum Gasteiger partial charge on any atom is -0.261 e. The highest BCUT2D eigenvalue weighted by Gasteiger charge is 2.18. The maximum atomic E-state index is 10.3. The lowest BCUT2D eigenvalue weighted by Gasteiger charge is -1.94. The molecule has 0 saturated carbocycles. The smallest absolute Gasteiger partial charge is 0.261 e. The predicted molar refractivity (Wildman–Crippen MR) is 40.6 cm³/mol. The van der Waals surface area contributed by atoms with E-state index in [1.807, 2.05) is 0 Å². The van der Waals surface area contributed by atoms with Crippen molar-refractivity contribution in [1.82, 2.24) is 4.98 Å². The molecule has 0 fully saturated rings. The molecule has 0 bridgehead atoms. The second-order valence-corrected chi connectivity index (χ2v) is 2.29. The fraction of sp³-hybridized carbons (Fsp3) is 0. The zero-order valence-corrected chi connectivity index (χ0v) is 6.45. The highest BCUT2D eigenvalue weighted by molar-refractivity contribution is 6.32. The lowest BCUT2D eigenvalue weighted by Crippen LogP contribution is -1.93. The number of hydrogen-bond acceptors (Lipinski definition) is 4. The molecule has 0 radical (unpaired) electrons. The van der Waals surface area contributed by atoms with Crippen molar-refractivity contribution >= 4 is 17.3 Å². The van der Waals surface area contributed by atoms with Crippen LogP contribution in [0.1, 0.15) is 5.56 Å². The van der Waals surface area contributed by atoms with Crippen LogP contribution >= 0.6 is 11.6 Å². The van der Waals surface area contributed by atoms with Crippen LogP contribution in [-0.2, 0) is 0 Å². The van der Waals surface area contributed by atoms with E-state index in [9.17, 15) is 10.1 Å². The van der Waals surface area contributed by atoms with Gasteiger partial charge in [0, 0.05) is 0 Å². The zero-order valence-electron chi connectivity index (χ0n) is 5.69. The summed E-state index contributed by atoms with van der Waals surface area (Å²) in [5, 5.41) is 18.7. The molecule has 12 heavy (non-hydrogen) atoms. The molecule has 0 aliphatic carbocycles. The second kappa shape index (κ2) is 3.15. The number of nitrogens with zero attached hydrogens (tertiary/aromatic N) is 3. The molecule has 0 atom stereocenters. The van der Waals surface area contributed by atoms with Crippen LogP contribution in [0.25, 0.3) is 0 Å². The normalized spacial score (nSPS) is 9.00. The average Bonchev–Trinajstić information content (AvgIpc) is 2.03. The SMILES string of the molecule is N#Cc1cncc(Cl)c1[N+](=O)[O-]. The molecule has 0 amide bonds. The first kappa shape index (κ1) is 8.43. The van der Waals surface area contributed by atoms with Crippen LogP contribution < -0.4 is 0 Å². The number of halogens is 1. The minimum absolute atomic E-state index is 0.126. The summed E-state index contributed by atoms with van der Waals surface area (Å²) >= 11 is 5.45. The molecule has 5 nitrogen and oxygen atoms in total. The van der Waals surface area contributed by atoms with Gasteiger partial charge in [-0.2, -0.15) is 5.26 Å². The molecule has 0 saturated heterocycles. The Balaban J connectivity index is 3.42. The molecular weight excluding hydrogens is 182 g/mol. The van der Waals surface area contributed by atoms with Gasteiger partial charge in [0.25, 0.3) is 0 Å². The molecule has 1 heterocycles. The summed E-state index contributed by atoms with van der Waals surface area (Å²) in [7, 11) is 0. The Morgan fingerprint density at radius 3 is 2.75 bits per heavy atom. The quantitative estimate of drug-likeness (QED) is 0.488. The first-order valence-electron chi connectivity index (χ1n) is 2.85. The Kier molecular flexibility index (Phi) is 2.21. The first-order valence-corrected chi connectivity index (χ1v) is 3.22. The molecule has 0 aliphatic rings. The summed E-state index contributed by atoms with van der Waals surface area (Å²) in [5.41, 5.74) is -0.526. The van der Waals surface area contributed by atoms with Gasteiger partial charge in [-0.1, -0.05) is 11.6 Å². The van der Waals surface area contributed by atoms with Gasteiger partial charge in [-0.15, -0.1) is 0 Å². The van der Waals surface area contributed by atoms with Gasteiger partial charge in [-0.25, -0.2) is 0 Å². The van der Waals surface area contributed by atoms with Crippen molar-refractivity contribution in [2.75, 3.05) is 0 Å². The topological polar surface area (TPSA) is 79.8 Å². The zero-order chi connectivity index (χ0) is 9.14. The van der Waals surface area contributed by atoms with E-state index in [0.717, 1.165) is 12.4 Å². The largest absolute Gasteiger partial charge is 0.308 e. The van der Waals surface area contributed by atoms with Gasteiger partial charge in [0.2, 0.25) is 0 Å². The van der Waals surface area contributed by atoms with Gasteiger partial charge in [-0.3, -0.25) is 15.1 Å². The fourth-order valence-corrected chi connectivity index (χ4v) is 0.923. The Morgan fingerprint density at radius 1 is 1.67 bits per heavy atom. The Morgan fingerprint density at radius 2 is 2.33 bits per heavy atom. The number of aromatic nitrogens is 1. The van der Waals surface area contributed by atoms with Gasteiger partial charge in [0.15, 0.2) is 0 Å². The predicted octanol–water partition coefficient (Wildman–Crippen LogP) is 1.51. The van der Waals surface area contributed by atoms with Crippen molar-refractivity contribution < 1.29 is 4.92 Å². The molecule has 60 valence electrons. The number of hydrogen-bond donors (Lipinski definition) is 0. The van der Waals surface area contributed by atoms with Crippen LogP contribution in [0, 0.1) is 21.4 Å². The minimum atomic E-state index is -0.706. The van der Waals surface area contributed by atoms with E-state index in [1.54, 1.807) is 6.07 Å². The van der Waals surface area contributed by atoms with Gasteiger partial charge in [0.05, 0.1) is 17.3 Å². The van der Waals surface area contributed by atoms with E-state index in [2.05, 4.69) is 4.98 Å². The van der Waals surface area contributed by atoms with Crippen LogP contribution in [0.2, 0.25) is 5.02 Å². The molecule has 1 rings (SSSR count). The van der Waals surface area contributed by atoms with E-state index in [-0.39, 0.29) is 10.6 Å². The van der Waals surface area contributed by atoms with E-state index < -0.39 is 10.6 Å². The molecule has 0 unspecified atom stereocenters. The maximum absolute atomic E-state index is 10.3. The number of pyridine rings is 1. The summed E-state index contributed by atoms with van der Waals surface area (Å²) < 4.78 is 0. The van der Waals surface area contributed by atoms with Crippen LogP contribution in [0.4, 0.5) is 5.69 Å². The molecule has 6 heteroatoms. The van der Waals surface area contributed by atoms with E-state index in [4.69, 9.17) is 16.9 Å². The third-order valence-electron chi connectivity index (χ3n) is 1.18. The second-order valence-electron chi connectivity index (χ2n) is 1.89. The fourth-order valence-electron chi connectivity index (χ4n) is 0.696. The molecule has 0 spiro atoms. The molecule has 1 aromatic heterocycles. The maximum Gasteiger partial charge on any atom is 0.308 e. The molecular formula is C6H2ClN3O2. The third-order valence-corrected chi connectivity index (χ3v) is 1.45. The summed E-state index contributed by atoms with van der Waals surface area (Å²) in [6, 6.07) is 1.63. The van der Waals surface area contributed by atoms with Gasteiger partial charge >= 0.3 is 5.69 Å². The monoisotopic (exact) mass is 183 g/mol. The molecule has 0 aliphatic heterocycles. The lowest BCUT2D eigenvalue weighted by molar-refractivity contribution is -0.385. The number of nitro groups is 1. The molecule has 0 aromatic carbocycles. The highest BCUT2D eigenvalue weighted by atomic mass is 35.5. The van der Waals surface area contributed by atoms with E-state index >= 15 is 0 Å². The van der Waals surface area contributed by atoms with Crippen molar-refractivity contribution in [3.05, 3.63) is 33.1 Å². The molecule has 0 N–H and O–H groups in total. The van der Waals surface area contributed by atoms with Crippen LogP contribution in [0.5, 0.6) is 0 Å². The van der Waals surface area contributed by atoms with Gasteiger partial charge in [0.1, 0.15) is 16.7 Å². The summed E-state index contributed by atoms with van der Waals surface area (Å²) in [6.45, 7) is 0. The summed E-state index contributed by atoms with van der Waals surface area (Å²) in [5.74, 6) is 0. The van der Waals surface area contributed by atoms with Crippen LogP contribution in [-0.4, -0.2) is 9.91 Å². The van der Waals surface area contributed by atoms with Gasteiger partial charge in [-0.05, 0) is 0 Å². The van der Waals surface area contributed by atoms with Crippen LogP contribution in [0.3, 0.4) is 0 Å². The Bertz CT molecular complexity index is 372. The third kappa shape index (κ3) is 1.33. The van der Waals surface area contributed by atoms with Crippen molar-refractivity contribution in [3.8, 4) is 6.07 Å². The Labute approximate surface area is 72.4 Å². The standard InChI is InChI=1S/C6H2ClN3O2/c7-5-3-9-2-4(1-8)6(5)10(11)12/h2-3H. The summed E-state index contributed by atoms with van der Waals surface area (Å²) in [6.07, 6.45) is 2.23. The number of rotatable bonds is 1. The van der Waals surface area contributed by atoms with E-state index in [1.165, 1.54) is 0 Å². The highest BCUT2D eigenvalue weighted by Crippen LogP contribution is 2.25. The van der Waals surface area contributed by atoms with Crippen molar-refractivity contribution in [1.29, 1.82) is 5.26 Å². The van der Waals surface area contributed by atoms with Crippen molar-refractivity contribution in [2.45, 2.75) is 0 Å². The molecule has 1 aromatic rings. The lowest BCUT2D eigenvalue weighted by atomic mass is 10.2. The number of nitriles is 1. The van der Waals surface area contributed by atoms with Gasteiger partial charge < -0.3 is 0 Å².